The van der Waals surface area contributed by atoms with Gasteiger partial charge in [0.05, 0.1) is 25.1 Å². The van der Waals surface area contributed by atoms with E-state index < -0.39 is 5.82 Å². The molecule has 0 saturated heterocycles. The van der Waals surface area contributed by atoms with Gasteiger partial charge in [0.1, 0.15) is 11.6 Å². The van der Waals surface area contributed by atoms with Gasteiger partial charge in [0.2, 0.25) is 0 Å². The van der Waals surface area contributed by atoms with Crippen LogP contribution in [-0.2, 0) is 0 Å². The number of aromatic hydroxyl groups is 1. The van der Waals surface area contributed by atoms with E-state index in [1.54, 1.807) is 0 Å². The fourth-order valence-electron chi connectivity index (χ4n) is 1.55. The Balaban J connectivity index is 2.83. The Bertz CT molecular complexity index is 643. The van der Waals surface area contributed by atoms with E-state index in [2.05, 4.69) is 0 Å². The van der Waals surface area contributed by atoms with Crippen LogP contribution in [-0.4, -0.2) is 5.11 Å². The molecule has 1 nitrogen and oxygen atoms in total. The summed E-state index contributed by atoms with van der Waals surface area (Å²) in [6.07, 6.45) is 0. The lowest BCUT2D eigenvalue weighted by atomic mass is 10.0. The Hall–Kier alpha value is -0.380. The molecule has 7 heteroatoms. The minimum Gasteiger partial charge on any atom is -0.508 e. The van der Waals surface area contributed by atoms with Crippen LogP contribution < -0.4 is 0 Å². The quantitative estimate of drug-likeness (QED) is 0.457. The molecule has 0 radical (unpaired) electrons. The Labute approximate surface area is 133 Å². The lowest BCUT2D eigenvalue weighted by Crippen LogP contribution is -1.90. The molecule has 0 heterocycles. The van der Waals surface area contributed by atoms with Gasteiger partial charge in [-0.1, -0.05) is 58.0 Å². The molecular formula is C12H4Cl5FO. The van der Waals surface area contributed by atoms with Crippen molar-refractivity contribution in [3.8, 4) is 16.9 Å². The highest BCUT2D eigenvalue weighted by Crippen LogP contribution is 2.48. The average Bonchev–Trinajstić information content (AvgIpc) is 2.37. The number of hydrogen-bond acceptors (Lipinski definition) is 1. The second kappa shape index (κ2) is 5.55. The van der Waals surface area contributed by atoms with E-state index in [0.29, 0.717) is 0 Å². The van der Waals surface area contributed by atoms with Crippen LogP contribution in [0.15, 0.2) is 18.2 Å². The summed E-state index contributed by atoms with van der Waals surface area (Å²) in [4.78, 5) is 0. The number of benzene rings is 2. The Morgan fingerprint density at radius 3 is 1.74 bits per heavy atom. The predicted molar refractivity (Wildman–Crippen MR) is 78.6 cm³/mol. The van der Waals surface area contributed by atoms with Gasteiger partial charge in [0, 0.05) is 17.2 Å². The van der Waals surface area contributed by atoms with Crippen LogP contribution in [0.5, 0.6) is 5.75 Å². The van der Waals surface area contributed by atoms with Crippen molar-refractivity contribution in [1.82, 2.24) is 0 Å². The molecule has 19 heavy (non-hydrogen) atoms. The summed E-state index contributed by atoms with van der Waals surface area (Å²) in [7, 11) is 0. The first-order valence-corrected chi connectivity index (χ1v) is 6.74. The highest BCUT2D eigenvalue weighted by Gasteiger charge is 2.22. The van der Waals surface area contributed by atoms with Gasteiger partial charge in [0.25, 0.3) is 0 Å². The minimum atomic E-state index is -0.710. The summed E-state index contributed by atoms with van der Waals surface area (Å²) in [6.45, 7) is 0. The Kier molecular flexibility index (Phi) is 4.38. The highest BCUT2D eigenvalue weighted by atomic mass is 35.5. The lowest BCUT2D eigenvalue weighted by Gasteiger charge is -2.13. The molecule has 0 fully saturated rings. The van der Waals surface area contributed by atoms with Crippen molar-refractivity contribution in [3.05, 3.63) is 49.1 Å². The zero-order valence-electron chi connectivity index (χ0n) is 8.95. The van der Waals surface area contributed by atoms with E-state index >= 15 is 0 Å². The molecule has 0 amide bonds. The number of phenols is 1. The highest BCUT2D eigenvalue weighted by molar-refractivity contribution is 6.56. The Morgan fingerprint density at radius 1 is 0.789 bits per heavy atom. The molecule has 2 rings (SSSR count). The molecule has 0 unspecified atom stereocenters. The molecule has 0 bridgehead atoms. The smallest absolute Gasteiger partial charge is 0.134 e. The molecule has 0 aliphatic rings. The molecule has 1 N–H and O–H groups in total. The molecule has 0 saturated carbocycles. The van der Waals surface area contributed by atoms with Gasteiger partial charge < -0.3 is 5.11 Å². The zero-order valence-corrected chi connectivity index (χ0v) is 12.7. The van der Waals surface area contributed by atoms with Crippen molar-refractivity contribution in [1.29, 1.82) is 0 Å². The van der Waals surface area contributed by atoms with Crippen molar-refractivity contribution in [2.24, 2.45) is 0 Å². The van der Waals surface area contributed by atoms with Gasteiger partial charge >= 0.3 is 0 Å². The van der Waals surface area contributed by atoms with Crippen LogP contribution in [0.3, 0.4) is 0 Å². The van der Waals surface area contributed by atoms with Crippen LogP contribution in [0.4, 0.5) is 4.39 Å². The molecular weight excluding hydrogens is 356 g/mol. The second-order valence-electron chi connectivity index (χ2n) is 3.61. The van der Waals surface area contributed by atoms with Gasteiger partial charge in [-0.15, -0.1) is 0 Å². The summed E-state index contributed by atoms with van der Waals surface area (Å²) in [5.41, 5.74) is 0.188. The second-order valence-corrected chi connectivity index (χ2v) is 5.50. The van der Waals surface area contributed by atoms with E-state index in [-0.39, 0.29) is 42.0 Å². The van der Waals surface area contributed by atoms with Gasteiger partial charge in [-0.2, -0.15) is 0 Å². The summed E-state index contributed by atoms with van der Waals surface area (Å²) in [5.74, 6) is -0.932. The number of rotatable bonds is 1. The van der Waals surface area contributed by atoms with Gasteiger partial charge in [-0.05, 0) is 12.1 Å². The fraction of sp³-hybridized carbons (Fsp3) is 0. The van der Waals surface area contributed by atoms with E-state index in [1.807, 2.05) is 0 Å². The molecule has 0 spiro atoms. The lowest BCUT2D eigenvalue weighted by molar-refractivity contribution is 0.469. The molecule has 0 atom stereocenters. The first-order valence-electron chi connectivity index (χ1n) is 4.85. The largest absolute Gasteiger partial charge is 0.508 e. The number of hydrogen-bond donors (Lipinski definition) is 1. The van der Waals surface area contributed by atoms with Crippen LogP contribution in [0.1, 0.15) is 0 Å². The van der Waals surface area contributed by atoms with E-state index in [4.69, 9.17) is 58.0 Å². The third-order valence-corrected chi connectivity index (χ3v) is 4.71. The monoisotopic (exact) mass is 358 g/mol. The van der Waals surface area contributed by atoms with Gasteiger partial charge in [0.15, 0.2) is 0 Å². The number of halogens is 6. The topological polar surface area (TPSA) is 20.2 Å². The van der Waals surface area contributed by atoms with Gasteiger partial charge in [-0.25, -0.2) is 4.39 Å². The maximum Gasteiger partial charge on any atom is 0.134 e. The van der Waals surface area contributed by atoms with Crippen molar-refractivity contribution in [3.63, 3.8) is 0 Å². The van der Waals surface area contributed by atoms with Crippen molar-refractivity contribution >= 4 is 58.0 Å². The first kappa shape index (κ1) is 15.0. The van der Waals surface area contributed by atoms with Crippen molar-refractivity contribution < 1.29 is 9.50 Å². The normalized spacial score (nSPS) is 10.8. The third kappa shape index (κ3) is 2.61. The SMILES string of the molecule is Oc1ccc(-c2c(Cl)c(Cl)c(Cl)c(Cl)c2Cl)c(F)c1. The third-order valence-electron chi connectivity index (χ3n) is 2.43. The van der Waals surface area contributed by atoms with E-state index in [1.165, 1.54) is 12.1 Å². The number of phenolic OH excluding ortho intramolecular Hbond substituents is 1. The minimum absolute atomic E-state index is 0.00118. The maximum absolute atomic E-state index is 13.9. The molecule has 0 aromatic heterocycles. The summed E-state index contributed by atoms with van der Waals surface area (Å²) < 4.78 is 13.9. The van der Waals surface area contributed by atoms with Crippen molar-refractivity contribution in [2.75, 3.05) is 0 Å². The summed E-state index contributed by atoms with van der Waals surface area (Å²) in [6, 6.07) is 3.54. The van der Waals surface area contributed by atoms with Gasteiger partial charge in [-0.3, -0.25) is 0 Å². The molecule has 2 aromatic carbocycles. The standard InChI is InChI=1S/C12H4Cl5FO/c13-8-7(5-2-1-4(19)3-6(5)18)9(14)11(16)12(17)10(8)15/h1-3,19H. The predicted octanol–water partition coefficient (Wildman–Crippen LogP) is 6.47. The van der Waals surface area contributed by atoms with E-state index in [0.717, 1.165) is 6.07 Å². The van der Waals surface area contributed by atoms with E-state index in [9.17, 15) is 9.50 Å². The zero-order chi connectivity index (χ0) is 14.3. The van der Waals surface area contributed by atoms with Crippen LogP contribution in [0, 0.1) is 5.82 Å². The average molecular weight is 360 g/mol. The van der Waals surface area contributed by atoms with Crippen molar-refractivity contribution in [2.45, 2.75) is 0 Å². The fourth-order valence-corrected chi connectivity index (χ4v) is 2.89. The molecule has 2 aromatic rings. The van der Waals surface area contributed by atoms with Crippen LogP contribution in [0.2, 0.25) is 25.1 Å². The molecule has 100 valence electrons. The van der Waals surface area contributed by atoms with Crippen LogP contribution >= 0.6 is 58.0 Å². The maximum atomic E-state index is 13.9. The summed E-state index contributed by atoms with van der Waals surface area (Å²) >= 11 is 29.7. The Morgan fingerprint density at radius 2 is 1.26 bits per heavy atom. The molecule has 0 aliphatic heterocycles. The summed E-state index contributed by atoms with van der Waals surface area (Å²) in [5, 5.41) is 9.15. The first-order chi connectivity index (χ1) is 8.84. The van der Waals surface area contributed by atoms with Crippen LogP contribution in [0.25, 0.3) is 11.1 Å². The molecule has 0 aliphatic carbocycles.